The summed E-state index contributed by atoms with van der Waals surface area (Å²) < 4.78 is 3.25. The first-order chi connectivity index (χ1) is 26.0. The molecule has 0 aromatic rings. The fourth-order valence-corrected chi connectivity index (χ4v) is 10.7. The zero-order valence-corrected chi connectivity index (χ0v) is 38.8. The number of unbranched alkanes of at least 4 members (excludes halogenated alkanes) is 26. The van der Waals surface area contributed by atoms with Gasteiger partial charge in [-0.1, -0.05) is 154 Å². The number of carboxylic acids is 2. The van der Waals surface area contributed by atoms with Gasteiger partial charge in [0.2, 0.25) is 0 Å². The minimum absolute atomic E-state index is 0.0479. The number of rotatable bonds is 40. The number of hydrogen-bond acceptors (Lipinski definition) is 4. The number of hydrogen-bond donors (Lipinski definition) is 0. The second-order valence-corrected chi connectivity index (χ2v) is 19.6. The number of carboxylic acid groups (broad SMARTS) is 2. The van der Waals surface area contributed by atoms with Crippen molar-refractivity contribution in [1.29, 1.82) is 0 Å². The summed E-state index contributed by atoms with van der Waals surface area (Å²) in [5.74, 6) is -2.69. The molecule has 0 aromatic carbocycles. The van der Waals surface area contributed by atoms with Crippen molar-refractivity contribution in [2.75, 3.05) is 0 Å². The summed E-state index contributed by atoms with van der Waals surface area (Å²) in [5, 5.41) is 23.5. The minimum atomic E-state index is -1.35. The van der Waals surface area contributed by atoms with Crippen LogP contribution in [0.4, 0.5) is 0 Å². The molecule has 0 aliphatic heterocycles. The van der Waals surface area contributed by atoms with Crippen LogP contribution in [-0.2, 0) is 9.59 Å². The van der Waals surface area contributed by atoms with E-state index in [0.29, 0.717) is 12.8 Å². The Morgan fingerprint density at radius 2 is 0.604 bits per heavy atom. The summed E-state index contributed by atoms with van der Waals surface area (Å²) in [5.41, 5.74) is -0.0958. The molecule has 53 heavy (non-hydrogen) atoms. The van der Waals surface area contributed by atoms with E-state index >= 15 is 0 Å². The first-order valence-electron chi connectivity index (χ1n) is 23.1. The van der Waals surface area contributed by atoms with Gasteiger partial charge in [0.25, 0.3) is 0 Å². The normalized spacial score (nSPS) is 11.8. The molecule has 0 N–H and O–H groups in total. The molecule has 0 bridgehead atoms. The van der Waals surface area contributed by atoms with Gasteiger partial charge in [0.05, 0.1) is 11.9 Å². The van der Waals surface area contributed by atoms with Gasteiger partial charge in [0.15, 0.2) is 0 Å². The summed E-state index contributed by atoms with van der Waals surface area (Å²) >= 11 is 0.149. The molecule has 5 heteroatoms. The van der Waals surface area contributed by atoms with Gasteiger partial charge in [-0.05, 0) is 88.2 Å². The molecular formula is C48H88O4Sn. The van der Waals surface area contributed by atoms with Crippen LogP contribution in [0.5, 0.6) is 0 Å². The monoisotopic (exact) mass is 849 g/mol. The van der Waals surface area contributed by atoms with Crippen LogP contribution >= 0.6 is 0 Å². The quantitative estimate of drug-likeness (QED) is 0.0266. The van der Waals surface area contributed by atoms with Crippen LogP contribution in [0.15, 0.2) is 35.5 Å². The molecule has 0 atom stereocenters. The number of carbonyl (C=O) groups is 2. The van der Waals surface area contributed by atoms with E-state index in [-0.39, 0.29) is 45.1 Å². The summed E-state index contributed by atoms with van der Waals surface area (Å²) in [7, 11) is 0. The third-order valence-electron chi connectivity index (χ3n) is 10.1. The number of carbonyl (C=O) groups excluding carboxylic acids is 2. The predicted octanol–water partition coefficient (Wildman–Crippen LogP) is 13.8. The Balaban J connectivity index is 0. The molecule has 0 amide bonds. The van der Waals surface area contributed by atoms with E-state index in [4.69, 9.17) is 0 Å². The van der Waals surface area contributed by atoms with E-state index in [1.165, 1.54) is 141 Å². The van der Waals surface area contributed by atoms with Gasteiger partial charge in [0.1, 0.15) is 0 Å². The molecule has 0 unspecified atom stereocenters. The molecule has 0 saturated heterocycles. The fraction of sp³-hybridized carbons (Fsp3) is 0.833. The predicted molar refractivity (Wildman–Crippen MR) is 230 cm³/mol. The first-order valence-corrected chi connectivity index (χ1v) is 27.1. The Bertz CT molecular complexity index is 794. The summed E-state index contributed by atoms with van der Waals surface area (Å²) in [6, 6.07) is 0. The number of aliphatic carboxylic acids is 2. The second kappa shape index (κ2) is 47.1. The van der Waals surface area contributed by atoms with Crippen molar-refractivity contribution >= 4 is 33.1 Å². The molecule has 0 fully saturated rings. The van der Waals surface area contributed by atoms with Crippen molar-refractivity contribution in [3.05, 3.63) is 35.5 Å². The van der Waals surface area contributed by atoms with Crippen LogP contribution in [0, 0.1) is 0 Å². The Labute approximate surface area is 341 Å². The van der Waals surface area contributed by atoms with E-state index in [1.54, 1.807) is 8.87 Å². The van der Waals surface area contributed by atoms with Crippen molar-refractivity contribution in [2.45, 2.75) is 255 Å². The number of allylic oxidation sites excluding steroid dienone is 4. The van der Waals surface area contributed by atoms with Crippen molar-refractivity contribution in [1.82, 2.24) is 0 Å². The Hall–Kier alpha value is -1.04. The van der Waals surface area contributed by atoms with Gasteiger partial charge in [-0.15, -0.1) is 0 Å². The van der Waals surface area contributed by atoms with E-state index in [9.17, 15) is 19.8 Å². The molecule has 0 aliphatic carbocycles. The van der Waals surface area contributed by atoms with Gasteiger partial charge in [-0.3, -0.25) is 0 Å². The zero-order valence-electron chi connectivity index (χ0n) is 35.9. The molecule has 0 aromatic heterocycles. The molecule has 0 aliphatic rings. The van der Waals surface area contributed by atoms with Crippen molar-refractivity contribution < 1.29 is 19.8 Å². The SMILES string of the molecule is CCCCCCCC/C=C\CCCCCCCC/C(C(=O)[O-])=C(\CCCCCCCC/C=C\CCCCCCCC)C(=O)[O-].CCC[CH2][Sn+2][CH2]CCC. The van der Waals surface area contributed by atoms with Crippen LogP contribution in [0.2, 0.25) is 8.87 Å². The van der Waals surface area contributed by atoms with Gasteiger partial charge in [-0.25, -0.2) is 0 Å². The third kappa shape index (κ3) is 43.6. The van der Waals surface area contributed by atoms with Crippen LogP contribution in [0.1, 0.15) is 246 Å². The van der Waals surface area contributed by atoms with Crippen LogP contribution in [-0.4, -0.2) is 33.1 Å². The van der Waals surface area contributed by atoms with Gasteiger partial charge < -0.3 is 19.8 Å². The second-order valence-electron chi connectivity index (χ2n) is 15.4. The molecular weight excluding hydrogens is 759 g/mol. The molecule has 0 heterocycles. The summed E-state index contributed by atoms with van der Waals surface area (Å²) in [4.78, 5) is 23.5. The van der Waals surface area contributed by atoms with Gasteiger partial charge in [0, 0.05) is 0 Å². The first kappa shape index (κ1) is 54.1. The molecule has 4 nitrogen and oxygen atoms in total. The van der Waals surface area contributed by atoms with E-state index < -0.39 is 11.9 Å². The maximum absolute atomic E-state index is 11.7. The summed E-state index contributed by atoms with van der Waals surface area (Å²) in [6.45, 7) is 9.09. The van der Waals surface area contributed by atoms with Gasteiger partial charge in [-0.2, -0.15) is 0 Å². The van der Waals surface area contributed by atoms with E-state index in [0.717, 1.165) is 51.4 Å². The summed E-state index contributed by atoms with van der Waals surface area (Å²) in [6.07, 6.45) is 48.8. The molecule has 0 saturated carbocycles. The van der Waals surface area contributed by atoms with Gasteiger partial charge >= 0.3 is 69.5 Å². The van der Waals surface area contributed by atoms with E-state index in [2.05, 4.69) is 52.0 Å². The molecule has 0 rings (SSSR count). The van der Waals surface area contributed by atoms with Crippen LogP contribution < -0.4 is 10.2 Å². The van der Waals surface area contributed by atoms with E-state index in [1.807, 2.05) is 0 Å². The molecule has 308 valence electrons. The fourth-order valence-electron chi connectivity index (χ4n) is 6.58. The van der Waals surface area contributed by atoms with Crippen molar-refractivity contribution in [3.8, 4) is 0 Å². The maximum atomic E-state index is 11.7. The van der Waals surface area contributed by atoms with Crippen LogP contribution in [0.25, 0.3) is 0 Å². The average molecular weight is 848 g/mol. The molecule has 0 radical (unpaired) electrons. The third-order valence-corrected chi connectivity index (χ3v) is 14.2. The average Bonchev–Trinajstić information content (AvgIpc) is 3.14. The Morgan fingerprint density at radius 3 is 0.868 bits per heavy atom. The van der Waals surface area contributed by atoms with Crippen molar-refractivity contribution in [2.24, 2.45) is 0 Å². The molecule has 0 spiro atoms. The zero-order chi connectivity index (χ0) is 39.3. The standard InChI is InChI=1S/C40H72O4.2C4H9.Sn/c1-3-5-7-9-11-13-15-17-19-21-23-25-27-29-31-33-35-37(39(41)42)38(40(43)44)36-34-32-30-28-26-24-22-20-18-16-14-12-10-8-6-4-2;2*1-3-4-2;/h17-20H,3-16,21-36H2,1-2H3,(H,41,42)(H,43,44);2*1,3-4H2,2H3;/q;;;+2/p-2/b19-17-,20-18-,38-37-;;;. The Kier molecular flexibility index (Phi) is 48.1. The Morgan fingerprint density at radius 1 is 0.358 bits per heavy atom. The topological polar surface area (TPSA) is 80.3 Å². The van der Waals surface area contributed by atoms with Crippen molar-refractivity contribution in [3.63, 3.8) is 0 Å². The van der Waals surface area contributed by atoms with Crippen LogP contribution in [0.3, 0.4) is 0 Å².